The Morgan fingerprint density at radius 2 is 2.00 bits per heavy atom. The van der Waals surface area contributed by atoms with E-state index in [-0.39, 0.29) is 5.75 Å². The lowest BCUT2D eigenvalue weighted by Gasteiger charge is -2.21. The highest BCUT2D eigenvalue weighted by atomic mass is 79.9. The molecule has 1 aliphatic heterocycles. The van der Waals surface area contributed by atoms with Crippen LogP contribution in [0, 0.1) is 0 Å². The highest BCUT2D eigenvalue weighted by Crippen LogP contribution is 2.24. The second-order valence-electron chi connectivity index (χ2n) is 4.32. The molecule has 6 heteroatoms. The fraction of sp³-hybridized carbons (Fsp3) is 0.417. The summed E-state index contributed by atoms with van der Waals surface area (Å²) >= 11 is 3.31. The van der Waals surface area contributed by atoms with Gasteiger partial charge in [0, 0.05) is 4.47 Å². The summed E-state index contributed by atoms with van der Waals surface area (Å²) < 4.78 is 24.4. The normalized spacial score (nSPS) is 22.4. The van der Waals surface area contributed by atoms with Crippen LogP contribution in [-0.2, 0) is 14.6 Å². The van der Waals surface area contributed by atoms with Crippen LogP contribution in [0.25, 0.3) is 0 Å². The first-order chi connectivity index (χ1) is 8.50. The van der Waals surface area contributed by atoms with Crippen LogP contribution in [0.2, 0.25) is 0 Å². The van der Waals surface area contributed by atoms with E-state index in [1.807, 2.05) is 6.07 Å². The van der Waals surface area contributed by atoms with Gasteiger partial charge in [0.05, 0.1) is 11.4 Å². The summed E-state index contributed by atoms with van der Waals surface area (Å²) in [5.41, 5.74) is 0.600. The Morgan fingerprint density at radius 3 is 2.67 bits per heavy atom. The number of para-hydroxylation sites is 1. The Kier molecular flexibility index (Phi) is 4.07. The molecule has 1 unspecified atom stereocenters. The van der Waals surface area contributed by atoms with Crippen molar-refractivity contribution in [3.8, 4) is 0 Å². The lowest BCUT2D eigenvalue weighted by atomic mass is 10.2. The van der Waals surface area contributed by atoms with Gasteiger partial charge in [-0.1, -0.05) is 18.6 Å². The molecule has 4 nitrogen and oxygen atoms in total. The Hall–Kier alpha value is -0.880. The minimum atomic E-state index is -3.28. The fourth-order valence-corrected chi connectivity index (χ4v) is 4.21. The highest BCUT2D eigenvalue weighted by Gasteiger charge is 2.34. The Balaban J connectivity index is 2.15. The van der Waals surface area contributed by atoms with Gasteiger partial charge in [0.1, 0.15) is 5.25 Å². The smallest absolute Gasteiger partial charge is 0.242 e. The standard InChI is InChI=1S/C12H14BrNO3S/c13-9-5-1-2-6-10(9)14-12(15)11-7-3-4-8-18(11,16)17/h1-2,5-6,11H,3-4,7-8H2,(H,14,15). The number of hydrogen-bond donors (Lipinski definition) is 1. The molecule has 0 radical (unpaired) electrons. The molecule has 0 aromatic heterocycles. The molecule has 1 amide bonds. The van der Waals surface area contributed by atoms with Gasteiger partial charge >= 0.3 is 0 Å². The highest BCUT2D eigenvalue weighted by molar-refractivity contribution is 9.10. The summed E-state index contributed by atoms with van der Waals surface area (Å²) in [4.78, 5) is 12.0. The molecule has 0 bridgehead atoms. The molecule has 1 fully saturated rings. The van der Waals surface area contributed by atoms with Crippen molar-refractivity contribution in [3.63, 3.8) is 0 Å². The van der Waals surface area contributed by atoms with E-state index >= 15 is 0 Å². The molecule has 1 N–H and O–H groups in total. The van der Waals surface area contributed by atoms with Gasteiger partial charge in [0.2, 0.25) is 5.91 Å². The van der Waals surface area contributed by atoms with Gasteiger partial charge in [-0.2, -0.15) is 0 Å². The van der Waals surface area contributed by atoms with Gasteiger partial charge in [-0.05, 0) is 40.9 Å². The number of sulfone groups is 1. The van der Waals surface area contributed by atoms with Gasteiger partial charge in [-0.3, -0.25) is 4.79 Å². The number of carbonyl (C=O) groups excluding carboxylic acids is 1. The van der Waals surface area contributed by atoms with Crippen LogP contribution in [0.15, 0.2) is 28.7 Å². The van der Waals surface area contributed by atoms with Crippen LogP contribution in [0.3, 0.4) is 0 Å². The topological polar surface area (TPSA) is 63.2 Å². The number of carbonyl (C=O) groups is 1. The van der Waals surface area contributed by atoms with E-state index in [2.05, 4.69) is 21.2 Å². The minimum Gasteiger partial charge on any atom is -0.324 e. The molecule has 0 spiro atoms. The SMILES string of the molecule is O=C(Nc1ccccc1Br)C1CCCCS1(=O)=O. The van der Waals surface area contributed by atoms with Gasteiger partial charge in [0.15, 0.2) is 9.84 Å². The van der Waals surface area contributed by atoms with Crippen molar-refractivity contribution in [2.45, 2.75) is 24.5 Å². The third-order valence-corrected chi connectivity index (χ3v) is 5.87. The quantitative estimate of drug-likeness (QED) is 0.904. The average Bonchev–Trinajstić information content (AvgIpc) is 2.31. The van der Waals surface area contributed by atoms with Crippen molar-refractivity contribution in [1.29, 1.82) is 0 Å². The number of amides is 1. The molecule has 0 aliphatic carbocycles. The summed E-state index contributed by atoms with van der Waals surface area (Å²) in [7, 11) is -3.28. The van der Waals surface area contributed by atoms with Crippen LogP contribution < -0.4 is 5.32 Å². The second kappa shape index (κ2) is 5.40. The largest absolute Gasteiger partial charge is 0.324 e. The lowest BCUT2D eigenvalue weighted by molar-refractivity contribution is -0.116. The zero-order valence-corrected chi connectivity index (χ0v) is 12.1. The molecule has 1 atom stereocenters. The minimum absolute atomic E-state index is 0.112. The summed E-state index contributed by atoms with van der Waals surface area (Å²) in [5, 5.41) is 1.77. The molecule has 1 saturated heterocycles. The van der Waals surface area contributed by atoms with Crippen LogP contribution in [-0.4, -0.2) is 25.3 Å². The Bertz CT molecular complexity index is 556. The average molecular weight is 332 g/mol. The maximum absolute atomic E-state index is 12.0. The van der Waals surface area contributed by atoms with Gasteiger partial charge in [0.25, 0.3) is 0 Å². The summed E-state index contributed by atoms with van der Waals surface area (Å²) in [6, 6.07) is 7.15. The van der Waals surface area contributed by atoms with E-state index in [1.165, 1.54) is 0 Å². The molecule has 1 aromatic carbocycles. The number of nitrogens with one attached hydrogen (secondary N) is 1. The van der Waals surface area contributed by atoms with E-state index in [1.54, 1.807) is 18.2 Å². The van der Waals surface area contributed by atoms with E-state index in [4.69, 9.17) is 0 Å². The third kappa shape index (κ3) is 2.92. The number of benzene rings is 1. The van der Waals surface area contributed by atoms with Crippen LogP contribution >= 0.6 is 15.9 Å². The Labute approximate surface area is 115 Å². The predicted molar refractivity (Wildman–Crippen MR) is 74.2 cm³/mol. The zero-order valence-electron chi connectivity index (χ0n) is 9.73. The van der Waals surface area contributed by atoms with E-state index < -0.39 is 21.0 Å². The second-order valence-corrected chi connectivity index (χ2v) is 7.48. The monoisotopic (exact) mass is 331 g/mol. The molecule has 1 heterocycles. The molecule has 98 valence electrons. The molecule has 1 aromatic rings. The third-order valence-electron chi connectivity index (χ3n) is 3.00. The summed E-state index contributed by atoms with van der Waals surface area (Å²) in [6.07, 6.45) is 1.85. The van der Waals surface area contributed by atoms with E-state index in [9.17, 15) is 13.2 Å². The maximum Gasteiger partial charge on any atom is 0.242 e. The summed E-state index contributed by atoms with van der Waals surface area (Å²) in [6.45, 7) is 0. The van der Waals surface area contributed by atoms with Gasteiger partial charge in [-0.25, -0.2) is 8.42 Å². The molecule has 0 saturated carbocycles. The zero-order chi connectivity index (χ0) is 13.2. The van der Waals surface area contributed by atoms with Crippen molar-refractivity contribution in [1.82, 2.24) is 0 Å². The van der Waals surface area contributed by atoms with Crippen molar-refractivity contribution in [2.24, 2.45) is 0 Å². The van der Waals surface area contributed by atoms with E-state index in [0.29, 0.717) is 18.5 Å². The van der Waals surface area contributed by atoms with Crippen molar-refractivity contribution < 1.29 is 13.2 Å². The fourth-order valence-electron chi connectivity index (χ4n) is 2.02. The van der Waals surface area contributed by atoms with Crippen LogP contribution in [0.5, 0.6) is 0 Å². The van der Waals surface area contributed by atoms with Gasteiger partial charge in [-0.15, -0.1) is 0 Å². The van der Waals surface area contributed by atoms with Gasteiger partial charge < -0.3 is 5.32 Å². The maximum atomic E-state index is 12.0. The molecule has 1 aliphatic rings. The van der Waals surface area contributed by atoms with Crippen LogP contribution in [0.1, 0.15) is 19.3 Å². The van der Waals surface area contributed by atoms with E-state index in [0.717, 1.165) is 10.9 Å². The number of halogens is 1. The molecular weight excluding hydrogens is 318 g/mol. The first-order valence-corrected chi connectivity index (χ1v) is 8.28. The lowest BCUT2D eigenvalue weighted by Crippen LogP contribution is -2.39. The number of hydrogen-bond acceptors (Lipinski definition) is 3. The van der Waals surface area contributed by atoms with Crippen molar-refractivity contribution >= 4 is 37.4 Å². The van der Waals surface area contributed by atoms with Crippen molar-refractivity contribution in [3.05, 3.63) is 28.7 Å². The number of rotatable bonds is 2. The van der Waals surface area contributed by atoms with Crippen molar-refractivity contribution in [2.75, 3.05) is 11.1 Å². The molecule has 18 heavy (non-hydrogen) atoms. The molecule has 2 rings (SSSR count). The Morgan fingerprint density at radius 1 is 1.28 bits per heavy atom. The summed E-state index contributed by atoms with van der Waals surface area (Å²) in [5.74, 6) is -0.317. The molecular formula is C12H14BrNO3S. The first kappa shape index (κ1) is 13.5. The first-order valence-electron chi connectivity index (χ1n) is 5.78. The number of anilines is 1. The predicted octanol–water partition coefficient (Wildman–Crippen LogP) is 2.35. The van der Waals surface area contributed by atoms with Crippen LogP contribution in [0.4, 0.5) is 5.69 Å².